The number of carbonyl (C=O) groups excluding carboxylic acids is 1. The van der Waals surface area contributed by atoms with Crippen LogP contribution in [0.4, 0.5) is 10.5 Å². The van der Waals surface area contributed by atoms with Crippen LogP contribution in [0.1, 0.15) is 57.6 Å². The fraction of sp³-hybridized carbons (Fsp3) is 0.423. The van der Waals surface area contributed by atoms with Crippen molar-refractivity contribution in [1.29, 1.82) is 0 Å². The third-order valence-electron chi connectivity index (χ3n) is 4.84. The number of nitrogens with one attached hydrogen (secondary N) is 1. The summed E-state index contributed by atoms with van der Waals surface area (Å²) in [4.78, 5) is 15.0. The molecule has 0 heterocycles. The summed E-state index contributed by atoms with van der Waals surface area (Å²) in [5, 5.41) is 3.07. The van der Waals surface area contributed by atoms with Crippen molar-refractivity contribution in [1.82, 2.24) is 4.90 Å². The zero-order chi connectivity index (χ0) is 21.1. The summed E-state index contributed by atoms with van der Waals surface area (Å²) in [6.45, 7) is 9.98. The summed E-state index contributed by atoms with van der Waals surface area (Å²) in [6, 6.07) is 18.3. The van der Waals surface area contributed by atoms with Gasteiger partial charge in [-0.05, 0) is 43.4 Å². The van der Waals surface area contributed by atoms with Gasteiger partial charge in [-0.1, -0.05) is 93.3 Å². The Morgan fingerprint density at radius 2 is 1.72 bits per heavy atom. The predicted molar refractivity (Wildman–Crippen MR) is 125 cm³/mol. The van der Waals surface area contributed by atoms with Crippen molar-refractivity contribution in [2.24, 2.45) is 5.92 Å². The van der Waals surface area contributed by atoms with Crippen LogP contribution < -0.4 is 5.32 Å². The van der Waals surface area contributed by atoms with Gasteiger partial charge < -0.3 is 10.2 Å². The maximum atomic E-state index is 13.0. The smallest absolute Gasteiger partial charge is 0.320 e. The molecule has 0 aliphatic carbocycles. The number of unbranched alkanes of at least 4 members (excludes halogenated alkanes) is 2. The van der Waals surface area contributed by atoms with Gasteiger partial charge in [-0.25, -0.2) is 4.79 Å². The second-order valence-electron chi connectivity index (χ2n) is 8.24. The molecule has 3 nitrogen and oxygen atoms in total. The summed E-state index contributed by atoms with van der Waals surface area (Å²) in [6.07, 6.45) is 6.84. The second kappa shape index (κ2) is 12.1. The van der Waals surface area contributed by atoms with Gasteiger partial charge in [0.2, 0.25) is 0 Å². The predicted octanol–water partition coefficient (Wildman–Crippen LogP) is 7.15. The van der Waals surface area contributed by atoms with Crippen LogP contribution in [-0.4, -0.2) is 24.0 Å². The molecule has 0 fully saturated rings. The molecule has 2 aromatic rings. The number of amides is 2. The third kappa shape index (κ3) is 8.55. The molecule has 0 unspecified atom stereocenters. The van der Waals surface area contributed by atoms with Crippen molar-refractivity contribution < 1.29 is 4.79 Å². The number of carbonyl (C=O) groups is 1. The highest BCUT2D eigenvalue weighted by molar-refractivity contribution is 5.89. The van der Waals surface area contributed by atoms with E-state index in [-0.39, 0.29) is 6.03 Å². The van der Waals surface area contributed by atoms with Crippen molar-refractivity contribution in [3.8, 4) is 0 Å². The summed E-state index contributed by atoms with van der Waals surface area (Å²) in [5.41, 5.74) is 4.53. The van der Waals surface area contributed by atoms with E-state index in [1.807, 2.05) is 42.2 Å². The Bertz CT molecular complexity index is 763. The SMILES string of the molecule is CCCCC/C(=C\c1ccccc1)CN(CC(C)C)C(=O)Nc1ccc(C)cc1. The molecule has 3 heteroatoms. The minimum absolute atomic E-state index is 0.0305. The topological polar surface area (TPSA) is 32.3 Å². The standard InChI is InChI=1S/C26H36N2O/c1-5-6-8-13-24(18-23-11-9-7-10-12-23)20-28(19-21(2)3)26(29)27-25-16-14-22(4)15-17-25/h7,9-12,14-18,21H,5-6,8,13,19-20H2,1-4H3,(H,27,29)/b24-18+. The van der Waals surface area contributed by atoms with Crippen LogP contribution in [0.5, 0.6) is 0 Å². The van der Waals surface area contributed by atoms with Crippen LogP contribution in [-0.2, 0) is 0 Å². The number of hydrogen-bond acceptors (Lipinski definition) is 1. The summed E-state index contributed by atoms with van der Waals surface area (Å²) >= 11 is 0. The van der Waals surface area contributed by atoms with Crippen LogP contribution in [0.25, 0.3) is 6.08 Å². The van der Waals surface area contributed by atoms with Crippen molar-refractivity contribution in [2.75, 3.05) is 18.4 Å². The Labute approximate surface area is 176 Å². The quantitative estimate of drug-likeness (QED) is 0.428. The van der Waals surface area contributed by atoms with Crippen molar-refractivity contribution in [3.05, 3.63) is 71.3 Å². The Morgan fingerprint density at radius 3 is 2.34 bits per heavy atom. The molecule has 2 amide bonds. The average molecular weight is 393 g/mol. The number of rotatable bonds is 10. The molecule has 1 N–H and O–H groups in total. The first-order valence-corrected chi connectivity index (χ1v) is 10.8. The Hall–Kier alpha value is -2.55. The molecule has 2 rings (SSSR count). The first-order valence-electron chi connectivity index (χ1n) is 10.8. The molecule has 156 valence electrons. The van der Waals surface area contributed by atoms with Crippen molar-refractivity contribution in [2.45, 2.75) is 53.4 Å². The van der Waals surface area contributed by atoms with E-state index in [0.717, 1.165) is 25.1 Å². The summed E-state index contributed by atoms with van der Waals surface area (Å²) in [7, 11) is 0. The molecule has 0 radical (unpaired) electrons. The monoisotopic (exact) mass is 392 g/mol. The highest BCUT2D eigenvalue weighted by Gasteiger charge is 2.17. The lowest BCUT2D eigenvalue weighted by Gasteiger charge is -2.26. The lowest BCUT2D eigenvalue weighted by molar-refractivity contribution is 0.209. The van der Waals surface area contributed by atoms with E-state index in [4.69, 9.17) is 0 Å². The van der Waals surface area contributed by atoms with Gasteiger partial charge in [-0.2, -0.15) is 0 Å². The van der Waals surface area contributed by atoms with Gasteiger partial charge in [0.1, 0.15) is 0 Å². The van der Waals surface area contributed by atoms with Gasteiger partial charge in [0, 0.05) is 18.8 Å². The molecule has 0 saturated heterocycles. The molecule has 2 aromatic carbocycles. The fourth-order valence-electron chi connectivity index (χ4n) is 3.33. The zero-order valence-corrected chi connectivity index (χ0v) is 18.4. The highest BCUT2D eigenvalue weighted by atomic mass is 16.2. The molecule has 0 bridgehead atoms. The van der Waals surface area contributed by atoms with E-state index in [1.165, 1.54) is 29.5 Å². The fourth-order valence-corrected chi connectivity index (χ4v) is 3.33. The van der Waals surface area contributed by atoms with E-state index < -0.39 is 0 Å². The van der Waals surface area contributed by atoms with Gasteiger partial charge in [0.25, 0.3) is 0 Å². The van der Waals surface area contributed by atoms with Gasteiger partial charge in [0.05, 0.1) is 0 Å². The van der Waals surface area contributed by atoms with Gasteiger partial charge >= 0.3 is 6.03 Å². The Morgan fingerprint density at radius 1 is 1.03 bits per heavy atom. The molecule has 0 saturated carbocycles. The Kier molecular flexibility index (Phi) is 9.49. The van der Waals surface area contributed by atoms with Crippen LogP contribution >= 0.6 is 0 Å². The third-order valence-corrected chi connectivity index (χ3v) is 4.84. The highest BCUT2D eigenvalue weighted by Crippen LogP contribution is 2.18. The number of urea groups is 1. The number of benzene rings is 2. The Balaban J connectivity index is 2.16. The molecule has 0 atom stereocenters. The second-order valence-corrected chi connectivity index (χ2v) is 8.24. The van der Waals surface area contributed by atoms with E-state index in [2.05, 4.69) is 56.4 Å². The maximum absolute atomic E-state index is 13.0. The molecular weight excluding hydrogens is 356 g/mol. The molecular formula is C26H36N2O. The average Bonchev–Trinajstić information content (AvgIpc) is 2.69. The van der Waals surface area contributed by atoms with Gasteiger partial charge in [-0.3, -0.25) is 0 Å². The van der Waals surface area contributed by atoms with Gasteiger partial charge in [-0.15, -0.1) is 0 Å². The number of hydrogen-bond donors (Lipinski definition) is 1. The molecule has 0 aliphatic rings. The zero-order valence-electron chi connectivity index (χ0n) is 18.4. The largest absolute Gasteiger partial charge is 0.322 e. The van der Waals surface area contributed by atoms with E-state index >= 15 is 0 Å². The first-order chi connectivity index (χ1) is 14.0. The normalized spacial score (nSPS) is 11.6. The molecule has 0 spiro atoms. The van der Waals surface area contributed by atoms with Crippen molar-refractivity contribution in [3.63, 3.8) is 0 Å². The summed E-state index contributed by atoms with van der Waals surface area (Å²) < 4.78 is 0. The summed E-state index contributed by atoms with van der Waals surface area (Å²) in [5.74, 6) is 0.410. The van der Waals surface area contributed by atoms with E-state index in [9.17, 15) is 4.79 Å². The van der Waals surface area contributed by atoms with Crippen LogP contribution in [0.3, 0.4) is 0 Å². The van der Waals surface area contributed by atoms with Crippen LogP contribution in [0.15, 0.2) is 60.2 Å². The molecule has 29 heavy (non-hydrogen) atoms. The number of anilines is 1. The first kappa shape index (κ1) is 22.7. The number of nitrogens with zero attached hydrogens (tertiary/aromatic N) is 1. The van der Waals surface area contributed by atoms with E-state index in [1.54, 1.807) is 0 Å². The lowest BCUT2D eigenvalue weighted by Crippen LogP contribution is -2.39. The van der Waals surface area contributed by atoms with Crippen LogP contribution in [0, 0.1) is 12.8 Å². The minimum Gasteiger partial charge on any atom is -0.320 e. The molecule has 0 aliphatic heterocycles. The lowest BCUT2D eigenvalue weighted by atomic mass is 10.0. The van der Waals surface area contributed by atoms with Gasteiger partial charge in [0.15, 0.2) is 0 Å². The minimum atomic E-state index is -0.0305. The molecule has 0 aromatic heterocycles. The maximum Gasteiger partial charge on any atom is 0.322 e. The van der Waals surface area contributed by atoms with Crippen LogP contribution in [0.2, 0.25) is 0 Å². The van der Waals surface area contributed by atoms with E-state index in [0.29, 0.717) is 12.5 Å². The van der Waals surface area contributed by atoms with Crippen molar-refractivity contribution >= 4 is 17.8 Å². The number of aryl methyl sites for hydroxylation is 1.